The topological polar surface area (TPSA) is 17.8 Å². The van der Waals surface area contributed by atoms with Gasteiger partial charge in [0, 0.05) is 18.4 Å². The second kappa shape index (κ2) is 3.71. The van der Waals surface area contributed by atoms with Crippen molar-refractivity contribution in [3.63, 3.8) is 0 Å². The molecule has 1 aromatic heterocycles. The largest absolute Gasteiger partial charge is 0.319 e. The Balaban J connectivity index is 2.13. The number of halogens is 1. The van der Waals surface area contributed by atoms with Gasteiger partial charge >= 0.3 is 0 Å². The van der Waals surface area contributed by atoms with Gasteiger partial charge in [-0.15, -0.1) is 0 Å². The van der Waals surface area contributed by atoms with Gasteiger partial charge in [0.2, 0.25) is 5.28 Å². The summed E-state index contributed by atoms with van der Waals surface area (Å²) in [4.78, 5) is 4.01. The average Bonchev–Trinajstić information content (AvgIpc) is 2.53. The molecular formula is C8H11ClN2S. The molecule has 0 bridgehead atoms. The summed E-state index contributed by atoms with van der Waals surface area (Å²) < 4.78 is 2.08. The first kappa shape index (κ1) is 8.45. The van der Waals surface area contributed by atoms with Crippen LogP contribution in [0, 0.1) is 0 Å². The molecule has 12 heavy (non-hydrogen) atoms. The van der Waals surface area contributed by atoms with E-state index in [1.165, 1.54) is 24.3 Å². The Morgan fingerprint density at radius 1 is 1.50 bits per heavy atom. The Kier molecular flexibility index (Phi) is 2.61. The smallest absolute Gasteiger partial charge is 0.202 e. The van der Waals surface area contributed by atoms with Gasteiger partial charge in [-0.3, -0.25) is 0 Å². The number of rotatable bonds is 1. The van der Waals surface area contributed by atoms with Crippen LogP contribution in [0.2, 0.25) is 5.28 Å². The van der Waals surface area contributed by atoms with Crippen LogP contribution < -0.4 is 0 Å². The molecule has 0 N–H and O–H groups in total. The first-order chi connectivity index (χ1) is 5.88. The highest BCUT2D eigenvalue weighted by atomic mass is 35.5. The van der Waals surface area contributed by atoms with Crippen LogP contribution in [0.15, 0.2) is 12.4 Å². The highest BCUT2D eigenvalue weighted by molar-refractivity contribution is 7.99. The van der Waals surface area contributed by atoms with E-state index in [-0.39, 0.29) is 0 Å². The zero-order valence-corrected chi connectivity index (χ0v) is 8.31. The number of hydrogen-bond donors (Lipinski definition) is 0. The zero-order valence-electron chi connectivity index (χ0n) is 6.74. The van der Waals surface area contributed by atoms with Crippen LogP contribution in [0.5, 0.6) is 0 Å². The molecule has 2 heterocycles. The minimum Gasteiger partial charge on any atom is -0.319 e. The van der Waals surface area contributed by atoms with E-state index in [4.69, 9.17) is 11.6 Å². The molecule has 0 aliphatic carbocycles. The van der Waals surface area contributed by atoms with Crippen molar-refractivity contribution < 1.29 is 0 Å². The molecule has 2 nitrogen and oxygen atoms in total. The van der Waals surface area contributed by atoms with Crippen LogP contribution in [0.4, 0.5) is 0 Å². The molecule has 1 aliphatic rings. The minimum absolute atomic E-state index is 0.584. The molecule has 1 aliphatic heterocycles. The molecule has 0 saturated carbocycles. The first-order valence-electron chi connectivity index (χ1n) is 4.14. The molecule has 0 amide bonds. The Morgan fingerprint density at radius 3 is 2.83 bits per heavy atom. The Hall–Kier alpha value is -0.150. The summed E-state index contributed by atoms with van der Waals surface area (Å²) in [6.45, 7) is 0. The lowest BCUT2D eigenvalue weighted by Crippen LogP contribution is -2.14. The van der Waals surface area contributed by atoms with Gasteiger partial charge < -0.3 is 4.57 Å². The predicted octanol–water partition coefficient (Wildman–Crippen LogP) is 2.60. The molecule has 4 heteroatoms. The van der Waals surface area contributed by atoms with Crippen molar-refractivity contribution in [1.82, 2.24) is 9.55 Å². The van der Waals surface area contributed by atoms with E-state index in [0.717, 1.165) is 0 Å². The Bertz CT molecular complexity index is 255. The average molecular weight is 203 g/mol. The summed E-state index contributed by atoms with van der Waals surface area (Å²) >= 11 is 7.94. The molecule has 1 fully saturated rings. The SMILES string of the molecule is Clc1nccn1C1CCSCC1. The fraction of sp³-hybridized carbons (Fsp3) is 0.625. The maximum Gasteiger partial charge on any atom is 0.202 e. The van der Waals surface area contributed by atoms with Gasteiger partial charge in [-0.2, -0.15) is 11.8 Å². The maximum atomic E-state index is 5.92. The summed E-state index contributed by atoms with van der Waals surface area (Å²) in [5.41, 5.74) is 0. The van der Waals surface area contributed by atoms with Crippen LogP contribution in [-0.2, 0) is 0 Å². The van der Waals surface area contributed by atoms with Crippen molar-refractivity contribution in [3.8, 4) is 0 Å². The third-order valence-electron chi connectivity index (χ3n) is 2.21. The number of aromatic nitrogens is 2. The molecule has 0 unspecified atom stereocenters. The van der Waals surface area contributed by atoms with Gasteiger partial charge in [0.15, 0.2) is 0 Å². The number of imidazole rings is 1. The quantitative estimate of drug-likeness (QED) is 0.697. The normalized spacial score (nSPS) is 19.8. The number of nitrogens with zero attached hydrogens (tertiary/aromatic N) is 2. The van der Waals surface area contributed by atoms with Gasteiger partial charge in [0.25, 0.3) is 0 Å². The molecule has 1 saturated heterocycles. The standard InChI is InChI=1S/C8H11ClN2S/c9-8-10-3-4-11(8)7-1-5-12-6-2-7/h3-4,7H,1-2,5-6H2. The van der Waals surface area contributed by atoms with Crippen molar-refractivity contribution >= 4 is 23.4 Å². The second-order valence-electron chi connectivity index (χ2n) is 2.95. The summed E-state index contributed by atoms with van der Waals surface area (Å²) in [5, 5.41) is 0.631. The van der Waals surface area contributed by atoms with Gasteiger partial charge in [-0.1, -0.05) is 0 Å². The van der Waals surface area contributed by atoms with E-state index in [2.05, 4.69) is 9.55 Å². The van der Waals surface area contributed by atoms with E-state index in [9.17, 15) is 0 Å². The molecule has 66 valence electrons. The monoisotopic (exact) mass is 202 g/mol. The predicted molar refractivity (Wildman–Crippen MR) is 52.8 cm³/mol. The lowest BCUT2D eigenvalue weighted by molar-refractivity contribution is 0.470. The fourth-order valence-corrected chi connectivity index (χ4v) is 2.86. The summed E-state index contributed by atoms with van der Waals surface area (Å²) in [6, 6.07) is 0.584. The van der Waals surface area contributed by atoms with E-state index >= 15 is 0 Å². The molecule has 2 rings (SSSR count). The van der Waals surface area contributed by atoms with E-state index in [1.54, 1.807) is 6.20 Å². The van der Waals surface area contributed by atoms with Crippen LogP contribution >= 0.6 is 23.4 Å². The summed E-state index contributed by atoms with van der Waals surface area (Å²) in [7, 11) is 0. The van der Waals surface area contributed by atoms with Crippen LogP contribution in [0.25, 0.3) is 0 Å². The van der Waals surface area contributed by atoms with Crippen molar-refractivity contribution in [2.75, 3.05) is 11.5 Å². The van der Waals surface area contributed by atoms with Gasteiger partial charge in [-0.25, -0.2) is 4.98 Å². The third kappa shape index (κ3) is 1.62. The first-order valence-corrected chi connectivity index (χ1v) is 5.67. The fourth-order valence-electron chi connectivity index (χ4n) is 1.53. The molecule has 1 aromatic rings. The highest BCUT2D eigenvalue weighted by Gasteiger charge is 2.16. The maximum absolute atomic E-state index is 5.92. The van der Waals surface area contributed by atoms with Gasteiger partial charge in [0.1, 0.15) is 0 Å². The minimum atomic E-state index is 0.584. The van der Waals surface area contributed by atoms with Crippen molar-refractivity contribution in [2.24, 2.45) is 0 Å². The third-order valence-corrected chi connectivity index (χ3v) is 3.55. The molecule has 0 spiro atoms. The molecule has 0 atom stereocenters. The van der Waals surface area contributed by atoms with Crippen molar-refractivity contribution in [1.29, 1.82) is 0 Å². The van der Waals surface area contributed by atoms with Crippen LogP contribution in [0.1, 0.15) is 18.9 Å². The number of hydrogen-bond acceptors (Lipinski definition) is 2. The Morgan fingerprint density at radius 2 is 2.25 bits per heavy atom. The van der Waals surface area contributed by atoms with Crippen LogP contribution in [0.3, 0.4) is 0 Å². The van der Waals surface area contributed by atoms with Crippen molar-refractivity contribution in [2.45, 2.75) is 18.9 Å². The van der Waals surface area contributed by atoms with E-state index < -0.39 is 0 Å². The molecule has 0 radical (unpaired) electrons. The van der Waals surface area contributed by atoms with Crippen molar-refractivity contribution in [3.05, 3.63) is 17.7 Å². The van der Waals surface area contributed by atoms with E-state index in [1.807, 2.05) is 18.0 Å². The number of thioether (sulfide) groups is 1. The second-order valence-corrected chi connectivity index (χ2v) is 4.51. The van der Waals surface area contributed by atoms with Crippen LogP contribution in [-0.4, -0.2) is 21.1 Å². The molecular weight excluding hydrogens is 192 g/mol. The summed E-state index contributed by atoms with van der Waals surface area (Å²) in [5.74, 6) is 2.50. The van der Waals surface area contributed by atoms with Gasteiger partial charge in [-0.05, 0) is 35.9 Å². The lowest BCUT2D eigenvalue weighted by Gasteiger charge is -2.22. The lowest BCUT2D eigenvalue weighted by atomic mass is 10.1. The Labute approximate surface area is 81.3 Å². The van der Waals surface area contributed by atoms with Gasteiger partial charge in [0.05, 0.1) is 0 Å². The molecule has 0 aromatic carbocycles. The zero-order chi connectivity index (χ0) is 8.39. The highest BCUT2D eigenvalue weighted by Crippen LogP contribution is 2.28. The van der Waals surface area contributed by atoms with E-state index in [0.29, 0.717) is 11.3 Å². The summed E-state index contributed by atoms with van der Waals surface area (Å²) in [6.07, 6.45) is 6.19.